The summed E-state index contributed by atoms with van der Waals surface area (Å²) in [6.45, 7) is 7.84. The van der Waals surface area contributed by atoms with Crippen molar-refractivity contribution in [1.29, 1.82) is 0 Å². The average molecular weight is 141 g/mol. The molecule has 1 saturated carbocycles. The fourth-order valence-electron chi connectivity index (χ4n) is 2.05. The Hall–Kier alpha value is -0.0400. The summed E-state index contributed by atoms with van der Waals surface area (Å²) in [5, 5.41) is 0. The maximum atomic E-state index is 5.59. The highest BCUT2D eigenvalue weighted by Gasteiger charge is 2.48. The summed E-state index contributed by atoms with van der Waals surface area (Å²) < 4.78 is 0. The minimum atomic E-state index is 0.614. The standard InChI is InChI=1S/C9H19N/c1-7(2)4-9(3)5-8(9)6-10/h7-8H,4-6,10H2,1-3H3. The first-order valence-electron chi connectivity index (χ1n) is 4.28. The lowest BCUT2D eigenvalue weighted by Crippen LogP contribution is -2.10. The smallest absolute Gasteiger partial charge is 0.00434 e. The molecule has 0 aromatic rings. The van der Waals surface area contributed by atoms with Gasteiger partial charge in [0.1, 0.15) is 0 Å². The van der Waals surface area contributed by atoms with Crippen molar-refractivity contribution in [2.45, 2.75) is 33.6 Å². The van der Waals surface area contributed by atoms with Crippen molar-refractivity contribution >= 4 is 0 Å². The molecule has 2 atom stereocenters. The molecule has 0 heterocycles. The summed E-state index contributed by atoms with van der Waals surface area (Å²) in [4.78, 5) is 0. The van der Waals surface area contributed by atoms with E-state index in [4.69, 9.17) is 5.73 Å². The highest BCUT2D eigenvalue weighted by Crippen LogP contribution is 2.55. The van der Waals surface area contributed by atoms with Crippen molar-refractivity contribution in [2.24, 2.45) is 23.0 Å². The van der Waals surface area contributed by atoms with Gasteiger partial charge in [0.2, 0.25) is 0 Å². The Labute approximate surface area is 64.0 Å². The van der Waals surface area contributed by atoms with Gasteiger partial charge in [0.15, 0.2) is 0 Å². The second-order valence-corrected chi connectivity index (χ2v) is 4.39. The molecule has 1 nitrogen and oxygen atoms in total. The molecule has 2 unspecified atom stereocenters. The van der Waals surface area contributed by atoms with Crippen LogP contribution in [-0.4, -0.2) is 6.54 Å². The first-order chi connectivity index (χ1) is 4.58. The number of hydrogen-bond acceptors (Lipinski definition) is 1. The van der Waals surface area contributed by atoms with Gasteiger partial charge in [0.05, 0.1) is 0 Å². The van der Waals surface area contributed by atoms with Gasteiger partial charge >= 0.3 is 0 Å². The van der Waals surface area contributed by atoms with Crippen molar-refractivity contribution in [3.63, 3.8) is 0 Å². The molecule has 0 spiro atoms. The first kappa shape index (κ1) is 8.06. The summed E-state index contributed by atoms with van der Waals surface area (Å²) in [6.07, 6.45) is 2.72. The maximum Gasteiger partial charge on any atom is -0.00434 e. The van der Waals surface area contributed by atoms with Gasteiger partial charge in [-0.3, -0.25) is 0 Å². The van der Waals surface area contributed by atoms with Gasteiger partial charge in [-0.15, -0.1) is 0 Å². The number of hydrogen-bond donors (Lipinski definition) is 1. The van der Waals surface area contributed by atoms with Gasteiger partial charge in [0, 0.05) is 0 Å². The molecule has 0 amide bonds. The Morgan fingerprint density at radius 2 is 2.20 bits per heavy atom. The highest BCUT2D eigenvalue weighted by atomic mass is 14.7. The van der Waals surface area contributed by atoms with Crippen LogP contribution in [0.25, 0.3) is 0 Å². The third kappa shape index (κ3) is 1.51. The van der Waals surface area contributed by atoms with E-state index >= 15 is 0 Å². The van der Waals surface area contributed by atoms with Crippen LogP contribution in [0.2, 0.25) is 0 Å². The van der Waals surface area contributed by atoms with Gasteiger partial charge in [-0.25, -0.2) is 0 Å². The fraction of sp³-hybridized carbons (Fsp3) is 1.00. The molecule has 1 rings (SSSR count). The van der Waals surface area contributed by atoms with Crippen LogP contribution in [0, 0.1) is 17.3 Å². The van der Waals surface area contributed by atoms with E-state index in [1.807, 2.05) is 0 Å². The van der Waals surface area contributed by atoms with Gasteiger partial charge in [0.25, 0.3) is 0 Å². The zero-order chi connectivity index (χ0) is 7.78. The first-order valence-corrected chi connectivity index (χ1v) is 4.28. The molecule has 10 heavy (non-hydrogen) atoms. The quantitative estimate of drug-likeness (QED) is 0.639. The van der Waals surface area contributed by atoms with Crippen molar-refractivity contribution in [3.05, 3.63) is 0 Å². The minimum absolute atomic E-state index is 0.614. The van der Waals surface area contributed by atoms with Crippen LogP contribution in [-0.2, 0) is 0 Å². The van der Waals surface area contributed by atoms with Crippen molar-refractivity contribution in [2.75, 3.05) is 6.54 Å². The average Bonchev–Trinajstić information content (AvgIpc) is 2.39. The van der Waals surface area contributed by atoms with E-state index in [0.717, 1.165) is 18.4 Å². The van der Waals surface area contributed by atoms with E-state index in [0.29, 0.717) is 5.41 Å². The van der Waals surface area contributed by atoms with Gasteiger partial charge in [-0.05, 0) is 36.6 Å². The van der Waals surface area contributed by atoms with Gasteiger partial charge in [-0.2, -0.15) is 0 Å². The molecule has 1 aliphatic carbocycles. The van der Waals surface area contributed by atoms with E-state index < -0.39 is 0 Å². The highest BCUT2D eigenvalue weighted by molar-refractivity contribution is 4.99. The van der Waals surface area contributed by atoms with Crippen LogP contribution in [0.1, 0.15) is 33.6 Å². The molecule has 1 fully saturated rings. The van der Waals surface area contributed by atoms with E-state index in [2.05, 4.69) is 20.8 Å². The summed E-state index contributed by atoms with van der Waals surface area (Å²) in [5.74, 6) is 1.66. The van der Waals surface area contributed by atoms with E-state index in [1.54, 1.807) is 0 Å². The molecule has 0 aliphatic heterocycles. The van der Waals surface area contributed by atoms with E-state index in [-0.39, 0.29) is 0 Å². The minimum Gasteiger partial charge on any atom is -0.330 e. The SMILES string of the molecule is CC(C)CC1(C)CC1CN. The Morgan fingerprint density at radius 3 is 2.50 bits per heavy atom. The number of nitrogens with two attached hydrogens (primary N) is 1. The molecule has 0 radical (unpaired) electrons. The van der Waals surface area contributed by atoms with Gasteiger partial charge in [-0.1, -0.05) is 20.8 Å². The topological polar surface area (TPSA) is 26.0 Å². The molecule has 2 N–H and O–H groups in total. The van der Waals surface area contributed by atoms with Crippen LogP contribution in [0.3, 0.4) is 0 Å². The van der Waals surface area contributed by atoms with Gasteiger partial charge < -0.3 is 5.73 Å². The lowest BCUT2D eigenvalue weighted by atomic mass is 9.94. The fourth-order valence-corrected chi connectivity index (χ4v) is 2.05. The Bertz CT molecular complexity index is 120. The predicted octanol–water partition coefficient (Wildman–Crippen LogP) is 2.02. The molecule has 0 aromatic heterocycles. The normalized spacial score (nSPS) is 38.7. The summed E-state index contributed by atoms with van der Waals surface area (Å²) in [5.41, 5.74) is 6.20. The zero-order valence-corrected chi connectivity index (χ0v) is 7.35. The monoisotopic (exact) mass is 141 g/mol. The lowest BCUT2D eigenvalue weighted by Gasteiger charge is -2.12. The predicted molar refractivity (Wildman–Crippen MR) is 44.7 cm³/mol. The molecule has 0 bridgehead atoms. The summed E-state index contributed by atoms with van der Waals surface area (Å²) in [6, 6.07) is 0. The summed E-state index contributed by atoms with van der Waals surface area (Å²) >= 11 is 0. The molecular formula is C9H19N. The molecule has 0 saturated heterocycles. The largest absolute Gasteiger partial charge is 0.330 e. The van der Waals surface area contributed by atoms with Crippen LogP contribution in [0.4, 0.5) is 0 Å². The molecule has 1 heteroatoms. The Morgan fingerprint density at radius 1 is 1.60 bits per heavy atom. The van der Waals surface area contributed by atoms with Crippen molar-refractivity contribution in [1.82, 2.24) is 0 Å². The van der Waals surface area contributed by atoms with E-state index in [1.165, 1.54) is 12.8 Å². The molecule has 60 valence electrons. The van der Waals surface area contributed by atoms with Crippen LogP contribution in [0.15, 0.2) is 0 Å². The maximum absolute atomic E-state index is 5.59. The molecule has 0 aromatic carbocycles. The lowest BCUT2D eigenvalue weighted by molar-refractivity contribution is 0.389. The van der Waals surface area contributed by atoms with E-state index in [9.17, 15) is 0 Å². The Balaban J connectivity index is 2.29. The van der Waals surface area contributed by atoms with Crippen molar-refractivity contribution < 1.29 is 0 Å². The second kappa shape index (κ2) is 2.54. The van der Waals surface area contributed by atoms with Crippen LogP contribution >= 0.6 is 0 Å². The number of rotatable bonds is 3. The van der Waals surface area contributed by atoms with Crippen LogP contribution < -0.4 is 5.73 Å². The second-order valence-electron chi connectivity index (χ2n) is 4.39. The third-order valence-electron chi connectivity index (χ3n) is 2.70. The third-order valence-corrected chi connectivity index (χ3v) is 2.70. The molecular weight excluding hydrogens is 122 g/mol. The molecule has 1 aliphatic rings. The zero-order valence-electron chi connectivity index (χ0n) is 7.35. The Kier molecular flexibility index (Phi) is 2.04. The summed E-state index contributed by atoms with van der Waals surface area (Å²) in [7, 11) is 0. The van der Waals surface area contributed by atoms with Crippen LogP contribution in [0.5, 0.6) is 0 Å². The van der Waals surface area contributed by atoms with Crippen molar-refractivity contribution in [3.8, 4) is 0 Å².